The predicted molar refractivity (Wildman–Crippen MR) is 53.9 cm³/mol. The standard InChI is InChI=1S/C10H10ClNO/c11-10(13)6-7-1-2-9-8(5-7)3-4-12-9/h1-5,10,12-13H,6H2/t10-/m1/s1. The minimum atomic E-state index is -0.795. The number of hydrogen-bond donors (Lipinski definition) is 2. The summed E-state index contributed by atoms with van der Waals surface area (Å²) < 4.78 is 0. The molecule has 0 amide bonds. The zero-order valence-electron chi connectivity index (χ0n) is 7.00. The van der Waals surface area contributed by atoms with E-state index in [1.165, 1.54) is 0 Å². The van der Waals surface area contributed by atoms with Crippen LogP contribution < -0.4 is 0 Å². The smallest absolute Gasteiger partial charge is 0.132 e. The van der Waals surface area contributed by atoms with Gasteiger partial charge >= 0.3 is 0 Å². The van der Waals surface area contributed by atoms with E-state index in [0.717, 1.165) is 16.5 Å². The predicted octanol–water partition coefficient (Wildman–Crippen LogP) is 2.27. The topological polar surface area (TPSA) is 36.0 Å². The van der Waals surface area contributed by atoms with Gasteiger partial charge in [-0.1, -0.05) is 17.7 Å². The number of aliphatic hydroxyl groups is 1. The molecule has 0 aliphatic rings. The highest BCUT2D eigenvalue weighted by Gasteiger charge is 2.01. The van der Waals surface area contributed by atoms with E-state index in [4.69, 9.17) is 16.7 Å². The molecule has 0 fully saturated rings. The molecule has 68 valence electrons. The maximum Gasteiger partial charge on any atom is 0.132 e. The SMILES string of the molecule is O[C@@H](Cl)Cc1ccc2[nH]ccc2c1. The Hall–Kier alpha value is -0.990. The summed E-state index contributed by atoms with van der Waals surface area (Å²) in [6.07, 6.45) is 2.38. The van der Waals surface area contributed by atoms with Gasteiger partial charge in [0.2, 0.25) is 0 Å². The number of aliphatic hydroxyl groups excluding tert-OH is 1. The second-order valence-corrected chi connectivity index (χ2v) is 3.54. The Morgan fingerprint density at radius 2 is 2.23 bits per heavy atom. The second kappa shape index (κ2) is 3.40. The van der Waals surface area contributed by atoms with Crippen LogP contribution in [0.3, 0.4) is 0 Å². The van der Waals surface area contributed by atoms with E-state index in [-0.39, 0.29) is 0 Å². The number of halogens is 1. The van der Waals surface area contributed by atoms with Crippen molar-refractivity contribution in [1.29, 1.82) is 0 Å². The molecule has 3 heteroatoms. The Kier molecular flexibility index (Phi) is 2.25. The van der Waals surface area contributed by atoms with Crippen molar-refractivity contribution < 1.29 is 5.11 Å². The molecule has 2 aromatic rings. The molecular weight excluding hydrogens is 186 g/mol. The number of nitrogens with one attached hydrogen (secondary N) is 1. The lowest BCUT2D eigenvalue weighted by atomic mass is 10.1. The van der Waals surface area contributed by atoms with Gasteiger partial charge in [-0.15, -0.1) is 0 Å². The molecule has 0 saturated carbocycles. The van der Waals surface area contributed by atoms with E-state index in [9.17, 15) is 0 Å². The van der Waals surface area contributed by atoms with Gasteiger partial charge in [0.25, 0.3) is 0 Å². The lowest BCUT2D eigenvalue weighted by molar-refractivity contribution is 0.257. The number of alkyl halides is 1. The van der Waals surface area contributed by atoms with Gasteiger partial charge in [0.15, 0.2) is 0 Å². The fraction of sp³-hybridized carbons (Fsp3) is 0.200. The highest BCUT2D eigenvalue weighted by atomic mass is 35.5. The summed E-state index contributed by atoms with van der Waals surface area (Å²) in [6.45, 7) is 0. The molecule has 0 radical (unpaired) electrons. The molecule has 0 bridgehead atoms. The van der Waals surface area contributed by atoms with E-state index in [1.54, 1.807) is 0 Å². The van der Waals surface area contributed by atoms with Crippen LogP contribution in [-0.4, -0.2) is 15.7 Å². The summed E-state index contributed by atoms with van der Waals surface area (Å²) in [5.74, 6) is 0. The average molecular weight is 196 g/mol. The molecule has 13 heavy (non-hydrogen) atoms. The van der Waals surface area contributed by atoms with E-state index >= 15 is 0 Å². The maximum absolute atomic E-state index is 8.99. The second-order valence-electron chi connectivity index (χ2n) is 3.04. The molecule has 0 spiro atoms. The number of fused-ring (bicyclic) bond motifs is 1. The summed E-state index contributed by atoms with van der Waals surface area (Å²) >= 11 is 5.49. The van der Waals surface area contributed by atoms with Crippen molar-refractivity contribution in [3.63, 3.8) is 0 Å². The van der Waals surface area contributed by atoms with Gasteiger partial charge < -0.3 is 10.1 Å². The first-order chi connectivity index (χ1) is 6.25. The molecule has 0 aliphatic heterocycles. The highest BCUT2D eigenvalue weighted by Crippen LogP contribution is 2.15. The van der Waals surface area contributed by atoms with Crippen molar-refractivity contribution in [1.82, 2.24) is 4.98 Å². The Balaban J connectivity index is 2.37. The van der Waals surface area contributed by atoms with E-state index < -0.39 is 5.56 Å². The van der Waals surface area contributed by atoms with Crippen molar-refractivity contribution in [3.8, 4) is 0 Å². The van der Waals surface area contributed by atoms with Crippen LogP contribution in [0.1, 0.15) is 5.56 Å². The lowest BCUT2D eigenvalue weighted by Crippen LogP contribution is -2.00. The minimum absolute atomic E-state index is 0.489. The molecule has 1 aromatic heterocycles. The summed E-state index contributed by atoms with van der Waals surface area (Å²) in [5.41, 5.74) is 1.36. The zero-order valence-corrected chi connectivity index (χ0v) is 7.75. The molecular formula is C10H10ClNO. The van der Waals surface area contributed by atoms with Crippen molar-refractivity contribution in [3.05, 3.63) is 36.0 Å². The van der Waals surface area contributed by atoms with E-state index in [2.05, 4.69) is 4.98 Å². The summed E-state index contributed by atoms with van der Waals surface area (Å²) in [4.78, 5) is 3.10. The highest BCUT2D eigenvalue weighted by molar-refractivity contribution is 6.19. The molecule has 1 aromatic carbocycles. The minimum Gasteiger partial charge on any atom is -0.377 e. The van der Waals surface area contributed by atoms with Crippen LogP contribution in [0.25, 0.3) is 10.9 Å². The first-order valence-corrected chi connectivity index (χ1v) is 4.57. The summed E-state index contributed by atoms with van der Waals surface area (Å²) in [7, 11) is 0. The van der Waals surface area contributed by atoms with Gasteiger partial charge in [0, 0.05) is 18.1 Å². The van der Waals surface area contributed by atoms with Gasteiger partial charge in [-0.3, -0.25) is 0 Å². The lowest BCUT2D eigenvalue weighted by Gasteiger charge is -2.02. The first-order valence-electron chi connectivity index (χ1n) is 4.14. The first kappa shape index (κ1) is 8.60. The molecule has 0 saturated heterocycles. The number of benzene rings is 1. The van der Waals surface area contributed by atoms with Gasteiger partial charge in [0.1, 0.15) is 5.56 Å². The third kappa shape index (κ3) is 1.85. The van der Waals surface area contributed by atoms with E-state index in [0.29, 0.717) is 6.42 Å². The van der Waals surface area contributed by atoms with Crippen LogP contribution in [0.15, 0.2) is 30.5 Å². The Morgan fingerprint density at radius 1 is 1.38 bits per heavy atom. The molecule has 2 N–H and O–H groups in total. The molecule has 0 unspecified atom stereocenters. The molecule has 2 rings (SSSR count). The molecule has 1 heterocycles. The van der Waals surface area contributed by atoms with Gasteiger partial charge in [0.05, 0.1) is 0 Å². The fourth-order valence-corrected chi connectivity index (χ4v) is 1.60. The van der Waals surface area contributed by atoms with Crippen LogP contribution in [0.2, 0.25) is 0 Å². The third-order valence-electron chi connectivity index (χ3n) is 2.02. The van der Waals surface area contributed by atoms with Crippen LogP contribution in [0.5, 0.6) is 0 Å². The maximum atomic E-state index is 8.99. The Morgan fingerprint density at radius 3 is 3.00 bits per heavy atom. The molecule has 2 nitrogen and oxygen atoms in total. The average Bonchev–Trinajstić information content (AvgIpc) is 2.49. The van der Waals surface area contributed by atoms with Crippen LogP contribution >= 0.6 is 11.6 Å². The quantitative estimate of drug-likeness (QED) is 0.709. The monoisotopic (exact) mass is 195 g/mol. The van der Waals surface area contributed by atoms with Crippen molar-refractivity contribution in [2.24, 2.45) is 0 Å². The normalized spacial score (nSPS) is 13.4. The Bertz CT molecular complexity index is 408. The number of rotatable bonds is 2. The number of aromatic amines is 1. The summed E-state index contributed by atoms with van der Waals surface area (Å²) in [6, 6.07) is 7.98. The van der Waals surface area contributed by atoms with Crippen molar-refractivity contribution >= 4 is 22.5 Å². The number of aromatic nitrogens is 1. The van der Waals surface area contributed by atoms with Gasteiger partial charge in [-0.05, 0) is 29.1 Å². The Labute approximate surface area is 81.1 Å². The van der Waals surface area contributed by atoms with Crippen LogP contribution in [0, 0.1) is 0 Å². The molecule has 0 aliphatic carbocycles. The van der Waals surface area contributed by atoms with Crippen molar-refractivity contribution in [2.75, 3.05) is 0 Å². The summed E-state index contributed by atoms with van der Waals surface area (Å²) in [5, 5.41) is 10.1. The zero-order chi connectivity index (χ0) is 9.26. The van der Waals surface area contributed by atoms with Crippen LogP contribution in [-0.2, 0) is 6.42 Å². The van der Waals surface area contributed by atoms with Crippen LogP contribution in [0.4, 0.5) is 0 Å². The van der Waals surface area contributed by atoms with Gasteiger partial charge in [-0.25, -0.2) is 0 Å². The number of hydrogen-bond acceptors (Lipinski definition) is 1. The number of H-pyrrole nitrogens is 1. The fourth-order valence-electron chi connectivity index (χ4n) is 1.42. The van der Waals surface area contributed by atoms with E-state index in [1.807, 2.05) is 30.5 Å². The van der Waals surface area contributed by atoms with Gasteiger partial charge in [-0.2, -0.15) is 0 Å². The van der Waals surface area contributed by atoms with Crippen molar-refractivity contribution in [2.45, 2.75) is 12.0 Å². The third-order valence-corrected chi connectivity index (χ3v) is 2.18. The molecule has 1 atom stereocenters. The largest absolute Gasteiger partial charge is 0.377 e.